The summed E-state index contributed by atoms with van der Waals surface area (Å²) in [7, 11) is -3.61. The Morgan fingerprint density at radius 2 is 1.82 bits per heavy atom. The topological polar surface area (TPSA) is 75.7 Å². The first kappa shape index (κ1) is 18.3. The Morgan fingerprint density at radius 1 is 1.23 bits per heavy atom. The number of amides is 1. The second-order valence-corrected chi connectivity index (χ2v) is 7.53. The van der Waals surface area contributed by atoms with Gasteiger partial charge < -0.3 is 10.1 Å². The molecule has 0 bridgehead atoms. The van der Waals surface area contributed by atoms with Crippen molar-refractivity contribution < 1.29 is 17.9 Å². The number of hydrogen-bond acceptors (Lipinski definition) is 4. The molecule has 124 valence electrons. The Hall–Kier alpha value is -1.76. The van der Waals surface area contributed by atoms with Crippen LogP contribution in [-0.2, 0) is 14.8 Å². The quantitative estimate of drug-likeness (QED) is 0.827. The van der Waals surface area contributed by atoms with Crippen LogP contribution in [0.3, 0.4) is 0 Å². The van der Waals surface area contributed by atoms with Crippen LogP contribution >= 0.6 is 0 Å². The van der Waals surface area contributed by atoms with Gasteiger partial charge in [0.2, 0.25) is 15.9 Å². The van der Waals surface area contributed by atoms with Gasteiger partial charge in [-0.2, -0.15) is 0 Å². The van der Waals surface area contributed by atoms with Crippen LogP contribution in [0.4, 0.5) is 5.69 Å². The Kier molecular flexibility index (Phi) is 6.22. The maximum atomic E-state index is 12.1. The summed E-state index contributed by atoms with van der Waals surface area (Å²) >= 11 is 0. The Balaban J connectivity index is 3.16. The third-order valence-electron chi connectivity index (χ3n) is 2.63. The lowest BCUT2D eigenvalue weighted by atomic mass is 10.3. The monoisotopic (exact) mass is 328 g/mol. The summed E-state index contributed by atoms with van der Waals surface area (Å²) < 4.78 is 30.9. The fraction of sp³-hybridized carbons (Fsp3) is 0.533. The number of anilines is 1. The molecule has 1 amide bonds. The summed E-state index contributed by atoms with van der Waals surface area (Å²) in [4.78, 5) is 12.0. The second kappa shape index (κ2) is 7.49. The maximum absolute atomic E-state index is 12.1. The van der Waals surface area contributed by atoms with Gasteiger partial charge >= 0.3 is 0 Å². The molecule has 1 N–H and O–H groups in total. The van der Waals surface area contributed by atoms with Gasteiger partial charge in [0.25, 0.3) is 0 Å². The van der Waals surface area contributed by atoms with E-state index in [2.05, 4.69) is 5.32 Å². The van der Waals surface area contributed by atoms with E-state index in [1.807, 2.05) is 27.7 Å². The van der Waals surface area contributed by atoms with Gasteiger partial charge in [-0.3, -0.25) is 9.10 Å². The number of hydrogen-bond donors (Lipinski definition) is 1. The van der Waals surface area contributed by atoms with Crippen molar-refractivity contribution in [3.05, 3.63) is 24.3 Å². The van der Waals surface area contributed by atoms with Crippen LogP contribution in [0, 0.1) is 0 Å². The average Bonchev–Trinajstić information content (AvgIpc) is 2.34. The molecule has 0 radical (unpaired) electrons. The fourth-order valence-corrected chi connectivity index (χ4v) is 2.76. The number of benzene rings is 1. The number of nitrogens with one attached hydrogen (secondary N) is 1. The van der Waals surface area contributed by atoms with Gasteiger partial charge in [0.15, 0.2) is 0 Å². The van der Waals surface area contributed by atoms with Gasteiger partial charge in [-0.05, 0) is 39.8 Å². The molecule has 1 aromatic carbocycles. The lowest BCUT2D eigenvalue weighted by Crippen LogP contribution is -2.42. The summed E-state index contributed by atoms with van der Waals surface area (Å²) in [5.41, 5.74) is 0.359. The molecule has 0 aliphatic heterocycles. The number of nitrogens with zero attached hydrogens (tertiary/aromatic N) is 1. The number of sulfonamides is 1. The van der Waals surface area contributed by atoms with Crippen molar-refractivity contribution in [1.29, 1.82) is 0 Å². The van der Waals surface area contributed by atoms with Gasteiger partial charge in [0.05, 0.1) is 18.0 Å². The minimum Gasteiger partial charge on any atom is -0.489 e. The average molecular weight is 328 g/mol. The predicted molar refractivity (Wildman–Crippen MR) is 87.7 cm³/mol. The molecule has 0 heterocycles. The maximum Gasteiger partial charge on any atom is 0.240 e. The summed E-state index contributed by atoms with van der Waals surface area (Å²) in [5.74, 6) is 0.0695. The molecule has 0 fully saturated rings. The fourth-order valence-electron chi connectivity index (χ4n) is 1.90. The Morgan fingerprint density at radius 3 is 2.32 bits per heavy atom. The van der Waals surface area contributed by atoms with Crippen molar-refractivity contribution >= 4 is 21.6 Å². The third kappa shape index (κ3) is 5.55. The zero-order valence-electron chi connectivity index (χ0n) is 13.7. The first-order valence-corrected chi connectivity index (χ1v) is 8.99. The highest BCUT2D eigenvalue weighted by molar-refractivity contribution is 7.92. The molecule has 0 aliphatic carbocycles. The van der Waals surface area contributed by atoms with E-state index in [0.717, 1.165) is 10.6 Å². The molecule has 0 unspecified atom stereocenters. The summed E-state index contributed by atoms with van der Waals surface area (Å²) in [5, 5.41) is 2.69. The standard InChI is InChI=1S/C15H24N2O4S/c1-11(2)16-15(18)10-17(22(5,19)20)13-8-6-7-9-14(13)21-12(3)4/h6-9,11-12H,10H2,1-5H3,(H,16,18). The van der Waals surface area contributed by atoms with E-state index < -0.39 is 10.0 Å². The van der Waals surface area contributed by atoms with E-state index in [1.54, 1.807) is 24.3 Å². The van der Waals surface area contributed by atoms with E-state index >= 15 is 0 Å². The van der Waals surface area contributed by atoms with Crippen LogP contribution in [0.15, 0.2) is 24.3 Å². The molecule has 1 rings (SSSR count). The highest BCUT2D eigenvalue weighted by atomic mass is 32.2. The predicted octanol–water partition coefficient (Wildman–Crippen LogP) is 1.76. The first-order valence-electron chi connectivity index (χ1n) is 7.14. The number of carbonyl (C=O) groups excluding carboxylic acids is 1. The molecule has 0 aromatic heterocycles. The minimum atomic E-state index is -3.61. The molecule has 7 heteroatoms. The molecule has 22 heavy (non-hydrogen) atoms. The lowest BCUT2D eigenvalue weighted by molar-refractivity contribution is -0.120. The summed E-state index contributed by atoms with van der Waals surface area (Å²) in [6.45, 7) is 7.06. The van der Waals surface area contributed by atoms with E-state index in [1.165, 1.54) is 0 Å². The third-order valence-corrected chi connectivity index (χ3v) is 3.76. The van der Waals surface area contributed by atoms with E-state index in [-0.39, 0.29) is 24.6 Å². The Labute approximate surface area is 132 Å². The smallest absolute Gasteiger partial charge is 0.240 e. The molecule has 0 saturated heterocycles. The molecule has 0 aliphatic rings. The van der Waals surface area contributed by atoms with Crippen LogP contribution in [0.5, 0.6) is 5.75 Å². The number of rotatable bonds is 7. The highest BCUT2D eigenvalue weighted by Gasteiger charge is 2.24. The van der Waals surface area contributed by atoms with Gasteiger partial charge in [-0.25, -0.2) is 8.42 Å². The molecule has 0 saturated carbocycles. The van der Waals surface area contributed by atoms with Gasteiger partial charge in [0.1, 0.15) is 12.3 Å². The SMILES string of the molecule is CC(C)NC(=O)CN(c1ccccc1OC(C)C)S(C)(=O)=O. The molecular formula is C15H24N2O4S. The van der Waals surface area contributed by atoms with Gasteiger partial charge in [-0.1, -0.05) is 12.1 Å². The van der Waals surface area contributed by atoms with Gasteiger partial charge in [0, 0.05) is 6.04 Å². The largest absolute Gasteiger partial charge is 0.489 e. The molecule has 0 spiro atoms. The van der Waals surface area contributed by atoms with Crippen molar-refractivity contribution in [1.82, 2.24) is 5.32 Å². The van der Waals surface area contributed by atoms with Gasteiger partial charge in [-0.15, -0.1) is 0 Å². The summed E-state index contributed by atoms with van der Waals surface area (Å²) in [6.07, 6.45) is 0.967. The van der Waals surface area contributed by atoms with Crippen LogP contribution in [-0.4, -0.2) is 39.3 Å². The number of carbonyl (C=O) groups is 1. The van der Waals surface area contributed by atoms with Crippen molar-refractivity contribution in [2.75, 3.05) is 17.1 Å². The minimum absolute atomic E-state index is 0.0592. The normalized spacial score (nSPS) is 11.6. The van der Waals surface area contributed by atoms with Crippen LogP contribution in [0.25, 0.3) is 0 Å². The van der Waals surface area contributed by atoms with Crippen LogP contribution < -0.4 is 14.4 Å². The lowest BCUT2D eigenvalue weighted by Gasteiger charge is -2.25. The molecular weight excluding hydrogens is 304 g/mol. The summed E-state index contributed by atoms with van der Waals surface area (Å²) in [6, 6.07) is 6.72. The van der Waals surface area contributed by atoms with Crippen molar-refractivity contribution in [2.45, 2.75) is 39.8 Å². The van der Waals surface area contributed by atoms with Crippen molar-refractivity contribution in [3.63, 3.8) is 0 Å². The van der Waals surface area contributed by atoms with E-state index in [0.29, 0.717) is 11.4 Å². The van der Waals surface area contributed by atoms with Crippen molar-refractivity contribution in [2.24, 2.45) is 0 Å². The van der Waals surface area contributed by atoms with E-state index in [4.69, 9.17) is 4.74 Å². The Bertz CT molecular complexity index is 612. The first-order chi connectivity index (χ1) is 10.1. The number of ether oxygens (including phenoxy) is 1. The van der Waals surface area contributed by atoms with E-state index in [9.17, 15) is 13.2 Å². The van der Waals surface area contributed by atoms with Crippen molar-refractivity contribution in [3.8, 4) is 5.75 Å². The molecule has 1 aromatic rings. The van der Waals surface area contributed by atoms with Crippen LogP contribution in [0.1, 0.15) is 27.7 Å². The second-order valence-electron chi connectivity index (χ2n) is 5.63. The zero-order chi connectivity index (χ0) is 16.9. The zero-order valence-corrected chi connectivity index (χ0v) is 14.5. The molecule has 6 nitrogen and oxygen atoms in total. The molecule has 0 atom stereocenters. The number of para-hydroxylation sites is 2. The van der Waals surface area contributed by atoms with Crippen LogP contribution in [0.2, 0.25) is 0 Å². The highest BCUT2D eigenvalue weighted by Crippen LogP contribution is 2.30.